The van der Waals surface area contributed by atoms with Crippen LogP contribution in [-0.4, -0.2) is 27.3 Å². The van der Waals surface area contributed by atoms with Crippen LogP contribution in [0.15, 0.2) is 64.8 Å². The lowest BCUT2D eigenvalue weighted by molar-refractivity contribution is -0.126. The highest BCUT2D eigenvalue weighted by atomic mass is 35.5. The molecule has 0 bridgehead atoms. The van der Waals surface area contributed by atoms with E-state index in [-0.39, 0.29) is 21.3 Å². The van der Waals surface area contributed by atoms with Crippen molar-refractivity contribution in [3.8, 4) is 0 Å². The number of anilines is 1. The van der Waals surface area contributed by atoms with Gasteiger partial charge in [-0.2, -0.15) is 0 Å². The maximum absolute atomic E-state index is 13.1. The zero-order valence-electron chi connectivity index (χ0n) is 16.0. The van der Waals surface area contributed by atoms with E-state index >= 15 is 0 Å². The number of benzene rings is 2. The number of rotatable bonds is 5. The van der Waals surface area contributed by atoms with E-state index in [0.29, 0.717) is 16.4 Å². The number of carbonyl (C=O) groups excluding carboxylic acids is 3. The van der Waals surface area contributed by atoms with E-state index in [0.717, 1.165) is 11.8 Å². The molecule has 1 aliphatic heterocycles. The molecule has 0 radical (unpaired) electrons. The van der Waals surface area contributed by atoms with Crippen LogP contribution >= 0.6 is 35.0 Å². The van der Waals surface area contributed by atoms with Crippen LogP contribution in [0.2, 0.25) is 10.0 Å². The molecule has 3 rings (SSSR count). The monoisotopic (exact) mass is 461 g/mol. The van der Waals surface area contributed by atoms with E-state index < -0.39 is 22.2 Å². The Balaban J connectivity index is 2.12. The normalized spacial score (nSPS) is 16.6. The van der Waals surface area contributed by atoms with Crippen molar-refractivity contribution >= 4 is 68.9 Å². The van der Waals surface area contributed by atoms with Gasteiger partial charge in [-0.3, -0.25) is 14.4 Å². The molecule has 0 saturated carbocycles. The standard InChI is InChI=1S/C21H17Cl2N3O3S/c1-11(27)21(12(2)28)18(24)17(20(30-21)25-14-6-4-3-5-7-14)19(29)26-16-9-8-13(22)10-15(16)23/h3-10H,24H2,1-2H3,(H,26,29). The molecular formula is C21H17Cl2N3O3S. The van der Waals surface area contributed by atoms with Gasteiger partial charge in [-0.25, -0.2) is 4.99 Å². The number of para-hydroxylation sites is 1. The largest absolute Gasteiger partial charge is 0.399 e. The fourth-order valence-corrected chi connectivity index (χ4v) is 4.71. The van der Waals surface area contributed by atoms with Gasteiger partial charge in [-0.05, 0) is 44.2 Å². The van der Waals surface area contributed by atoms with E-state index in [1.165, 1.54) is 19.9 Å². The van der Waals surface area contributed by atoms with E-state index in [4.69, 9.17) is 28.9 Å². The summed E-state index contributed by atoms with van der Waals surface area (Å²) in [6.45, 7) is 2.52. The van der Waals surface area contributed by atoms with Crippen LogP contribution in [0.3, 0.4) is 0 Å². The topological polar surface area (TPSA) is 102 Å². The van der Waals surface area contributed by atoms with Crippen molar-refractivity contribution < 1.29 is 14.4 Å². The van der Waals surface area contributed by atoms with Crippen molar-refractivity contribution in [2.24, 2.45) is 10.7 Å². The van der Waals surface area contributed by atoms with Crippen molar-refractivity contribution in [1.29, 1.82) is 0 Å². The first-order valence-electron chi connectivity index (χ1n) is 8.78. The molecular weight excluding hydrogens is 445 g/mol. The van der Waals surface area contributed by atoms with Crippen LogP contribution in [0.4, 0.5) is 11.4 Å². The number of ketones is 2. The maximum Gasteiger partial charge on any atom is 0.260 e. The smallest absolute Gasteiger partial charge is 0.260 e. The molecule has 0 atom stereocenters. The molecule has 0 aromatic heterocycles. The summed E-state index contributed by atoms with van der Waals surface area (Å²) in [6, 6.07) is 13.4. The fraction of sp³-hybridized carbons (Fsp3) is 0.143. The minimum atomic E-state index is -1.70. The van der Waals surface area contributed by atoms with Crippen LogP contribution in [0, 0.1) is 0 Å². The zero-order chi connectivity index (χ0) is 22.1. The van der Waals surface area contributed by atoms with Crippen LogP contribution in [-0.2, 0) is 14.4 Å². The number of hydrogen-bond acceptors (Lipinski definition) is 6. The Bertz CT molecular complexity index is 1100. The van der Waals surface area contributed by atoms with E-state index in [9.17, 15) is 14.4 Å². The number of halogens is 2. The van der Waals surface area contributed by atoms with Gasteiger partial charge < -0.3 is 11.1 Å². The Kier molecular flexibility index (Phi) is 6.36. The Hall–Kier alpha value is -2.61. The summed E-state index contributed by atoms with van der Waals surface area (Å²) in [7, 11) is 0. The third kappa shape index (κ3) is 4.01. The van der Waals surface area contributed by atoms with Gasteiger partial charge in [0.1, 0.15) is 5.04 Å². The second-order valence-corrected chi connectivity index (χ2v) is 8.56. The molecule has 6 nitrogen and oxygen atoms in total. The molecule has 9 heteroatoms. The lowest BCUT2D eigenvalue weighted by atomic mass is 9.93. The number of nitrogens with one attached hydrogen (secondary N) is 1. The van der Waals surface area contributed by atoms with E-state index in [1.807, 2.05) is 6.07 Å². The molecule has 0 saturated heterocycles. The third-order valence-corrected chi connectivity index (χ3v) is 6.63. The number of thioether (sulfide) groups is 1. The molecule has 0 aliphatic carbocycles. The van der Waals surface area contributed by atoms with E-state index in [2.05, 4.69) is 10.3 Å². The summed E-state index contributed by atoms with van der Waals surface area (Å²) in [5.41, 5.74) is 6.90. The Morgan fingerprint density at radius 3 is 2.23 bits per heavy atom. The van der Waals surface area contributed by atoms with E-state index in [1.54, 1.807) is 36.4 Å². The molecule has 1 amide bonds. The van der Waals surface area contributed by atoms with Crippen LogP contribution in [0.1, 0.15) is 13.8 Å². The minimum absolute atomic E-state index is 0.0414. The quantitative estimate of drug-likeness (QED) is 0.636. The first-order valence-corrected chi connectivity index (χ1v) is 10.4. The minimum Gasteiger partial charge on any atom is -0.399 e. The maximum atomic E-state index is 13.1. The highest BCUT2D eigenvalue weighted by Crippen LogP contribution is 2.45. The zero-order valence-corrected chi connectivity index (χ0v) is 18.4. The second-order valence-electron chi connectivity index (χ2n) is 6.52. The highest BCUT2D eigenvalue weighted by Gasteiger charge is 2.53. The first-order chi connectivity index (χ1) is 14.2. The fourth-order valence-electron chi connectivity index (χ4n) is 3.01. The van der Waals surface area contributed by atoms with Gasteiger partial charge in [0.25, 0.3) is 5.91 Å². The van der Waals surface area contributed by atoms with Gasteiger partial charge >= 0.3 is 0 Å². The van der Waals surface area contributed by atoms with Gasteiger partial charge in [0.05, 0.1) is 27.7 Å². The number of Topliss-reactive ketones (excluding diaryl/α,β-unsaturated/α-hetero) is 2. The summed E-state index contributed by atoms with van der Waals surface area (Å²) in [5, 5.41) is 3.47. The third-order valence-electron chi connectivity index (χ3n) is 4.50. The molecule has 0 spiro atoms. The summed E-state index contributed by atoms with van der Waals surface area (Å²) < 4.78 is -1.70. The lowest BCUT2D eigenvalue weighted by Gasteiger charge is -2.22. The molecule has 3 N–H and O–H groups in total. The van der Waals surface area contributed by atoms with Gasteiger partial charge in [-0.15, -0.1) is 0 Å². The van der Waals surface area contributed by atoms with Crippen molar-refractivity contribution in [2.45, 2.75) is 18.6 Å². The molecule has 1 heterocycles. The van der Waals surface area contributed by atoms with Crippen molar-refractivity contribution in [2.75, 3.05) is 5.32 Å². The Labute approximate surface area is 187 Å². The van der Waals surface area contributed by atoms with Crippen molar-refractivity contribution in [1.82, 2.24) is 0 Å². The van der Waals surface area contributed by atoms with Gasteiger partial charge in [0, 0.05) is 5.02 Å². The predicted molar refractivity (Wildman–Crippen MR) is 122 cm³/mol. The summed E-state index contributed by atoms with van der Waals surface area (Å²) in [5.74, 6) is -1.60. The number of hydrogen-bond donors (Lipinski definition) is 2. The van der Waals surface area contributed by atoms with Crippen LogP contribution in [0.25, 0.3) is 0 Å². The number of amides is 1. The van der Waals surface area contributed by atoms with Gasteiger partial charge in [0.2, 0.25) is 0 Å². The summed E-state index contributed by atoms with van der Waals surface area (Å²) >= 11 is 12.9. The molecule has 2 aromatic rings. The summed E-state index contributed by atoms with van der Waals surface area (Å²) in [4.78, 5) is 42.5. The molecule has 2 aromatic carbocycles. The molecule has 1 aliphatic rings. The second kappa shape index (κ2) is 8.63. The van der Waals surface area contributed by atoms with Crippen LogP contribution in [0.5, 0.6) is 0 Å². The highest BCUT2D eigenvalue weighted by molar-refractivity contribution is 8.17. The average molecular weight is 462 g/mol. The Morgan fingerprint density at radius 1 is 1.03 bits per heavy atom. The van der Waals surface area contributed by atoms with Crippen molar-refractivity contribution in [3.63, 3.8) is 0 Å². The lowest BCUT2D eigenvalue weighted by Crippen LogP contribution is -2.44. The number of carbonyl (C=O) groups is 3. The van der Waals surface area contributed by atoms with Gasteiger partial charge in [-0.1, -0.05) is 53.2 Å². The predicted octanol–water partition coefficient (Wildman–Crippen LogP) is 4.54. The average Bonchev–Trinajstić information content (AvgIpc) is 2.98. The van der Waals surface area contributed by atoms with Crippen LogP contribution < -0.4 is 11.1 Å². The summed E-state index contributed by atoms with van der Waals surface area (Å²) in [6.07, 6.45) is 0. The number of aliphatic imine (C=N–C) groups is 1. The molecule has 0 unspecified atom stereocenters. The molecule has 30 heavy (non-hydrogen) atoms. The van der Waals surface area contributed by atoms with Gasteiger partial charge in [0.15, 0.2) is 16.3 Å². The molecule has 154 valence electrons. The number of nitrogens with two attached hydrogens (primary N) is 1. The first kappa shape index (κ1) is 22.1. The number of nitrogens with zero attached hydrogens (tertiary/aromatic N) is 1. The SMILES string of the molecule is CC(=O)C1(C(C)=O)SC(=Nc2ccccc2)C(C(=O)Nc2ccc(Cl)cc2Cl)=C1N. The molecule has 0 fully saturated rings. The van der Waals surface area contributed by atoms with Crippen molar-refractivity contribution in [3.05, 3.63) is 69.8 Å². The Morgan fingerprint density at radius 2 is 1.67 bits per heavy atom.